The molecule has 0 aliphatic carbocycles. The molecule has 0 spiro atoms. The third kappa shape index (κ3) is 2.11. The molecule has 0 bridgehead atoms. The lowest BCUT2D eigenvalue weighted by Gasteiger charge is -2.32. The molecule has 1 aromatic carbocycles. The Morgan fingerprint density at radius 1 is 1.33 bits per heavy atom. The van der Waals surface area contributed by atoms with E-state index >= 15 is 0 Å². The van der Waals surface area contributed by atoms with Crippen LogP contribution in [0, 0.1) is 0 Å². The average Bonchev–Trinajstić information content (AvgIpc) is 2.38. The maximum atomic E-state index is 5.77. The summed E-state index contributed by atoms with van der Waals surface area (Å²) in [6.07, 6.45) is 0.266. The van der Waals surface area contributed by atoms with Crippen LogP contribution >= 0.6 is 0 Å². The molecule has 18 heavy (non-hydrogen) atoms. The average molecular weight is 243 g/mol. The molecule has 1 fully saturated rings. The van der Waals surface area contributed by atoms with E-state index in [1.807, 2.05) is 18.2 Å². The molecule has 1 unspecified atom stereocenters. The van der Waals surface area contributed by atoms with Gasteiger partial charge in [-0.05, 0) is 37.3 Å². The van der Waals surface area contributed by atoms with Crippen molar-refractivity contribution in [1.29, 1.82) is 0 Å². The first-order chi connectivity index (χ1) is 8.72. The van der Waals surface area contributed by atoms with Crippen molar-refractivity contribution in [2.45, 2.75) is 13.0 Å². The first-order valence-corrected chi connectivity index (χ1v) is 6.25. The van der Waals surface area contributed by atoms with E-state index in [0.717, 1.165) is 42.1 Å². The zero-order chi connectivity index (χ0) is 12.5. The smallest absolute Gasteiger partial charge is 0.129 e. The number of nitrogens with zero attached hydrogens (tertiary/aromatic N) is 2. The molecule has 2 aromatic rings. The molecule has 2 heterocycles. The third-order valence-corrected chi connectivity index (χ3v) is 3.26. The number of pyridine rings is 1. The lowest BCUT2D eigenvalue weighted by Crippen LogP contribution is -2.41. The number of aromatic nitrogens is 1. The van der Waals surface area contributed by atoms with Crippen molar-refractivity contribution in [1.82, 2.24) is 4.98 Å². The van der Waals surface area contributed by atoms with E-state index in [9.17, 15) is 0 Å². The maximum Gasteiger partial charge on any atom is 0.129 e. The van der Waals surface area contributed by atoms with Gasteiger partial charge in [0.05, 0.1) is 18.2 Å². The van der Waals surface area contributed by atoms with Gasteiger partial charge in [-0.15, -0.1) is 0 Å². The standard InChI is InChI=1S/C14H17N3O/c1-10-9-17(6-7-18-10)14-5-2-11-8-12(15)3-4-13(11)16-14/h2-5,8,10H,6-7,9,15H2,1H3. The minimum Gasteiger partial charge on any atom is -0.399 e. The zero-order valence-electron chi connectivity index (χ0n) is 10.5. The fraction of sp³-hybridized carbons (Fsp3) is 0.357. The number of morpholine rings is 1. The highest BCUT2D eigenvalue weighted by Gasteiger charge is 2.17. The first-order valence-electron chi connectivity index (χ1n) is 6.25. The Morgan fingerprint density at radius 2 is 2.22 bits per heavy atom. The predicted molar refractivity (Wildman–Crippen MR) is 73.8 cm³/mol. The monoisotopic (exact) mass is 243 g/mol. The third-order valence-electron chi connectivity index (χ3n) is 3.26. The molecule has 1 saturated heterocycles. The summed E-state index contributed by atoms with van der Waals surface area (Å²) in [5.41, 5.74) is 7.53. The normalized spacial score (nSPS) is 20.3. The topological polar surface area (TPSA) is 51.4 Å². The summed E-state index contributed by atoms with van der Waals surface area (Å²) >= 11 is 0. The van der Waals surface area contributed by atoms with Crippen LogP contribution in [0.5, 0.6) is 0 Å². The molecule has 4 heteroatoms. The molecular formula is C14H17N3O. The first kappa shape index (κ1) is 11.3. The van der Waals surface area contributed by atoms with Crippen LogP contribution in [0.25, 0.3) is 10.9 Å². The van der Waals surface area contributed by atoms with Crippen LogP contribution in [-0.2, 0) is 4.74 Å². The molecule has 1 aromatic heterocycles. The van der Waals surface area contributed by atoms with Gasteiger partial charge < -0.3 is 15.4 Å². The Balaban J connectivity index is 1.95. The Labute approximate surface area is 106 Å². The van der Waals surface area contributed by atoms with Gasteiger partial charge >= 0.3 is 0 Å². The molecule has 3 rings (SSSR count). The van der Waals surface area contributed by atoms with Gasteiger partial charge in [0.1, 0.15) is 5.82 Å². The van der Waals surface area contributed by atoms with Crippen LogP contribution in [0.15, 0.2) is 30.3 Å². The van der Waals surface area contributed by atoms with Crippen LogP contribution in [0.3, 0.4) is 0 Å². The Kier molecular flexibility index (Phi) is 2.80. The van der Waals surface area contributed by atoms with Crippen molar-refractivity contribution < 1.29 is 4.74 Å². The van der Waals surface area contributed by atoms with Crippen LogP contribution in [0.2, 0.25) is 0 Å². The SMILES string of the molecule is CC1CN(c2ccc3cc(N)ccc3n2)CCO1. The second-order valence-electron chi connectivity index (χ2n) is 4.75. The van der Waals surface area contributed by atoms with E-state index in [0.29, 0.717) is 0 Å². The fourth-order valence-corrected chi connectivity index (χ4v) is 2.34. The number of fused-ring (bicyclic) bond motifs is 1. The van der Waals surface area contributed by atoms with Crippen molar-refractivity contribution in [3.8, 4) is 0 Å². The second kappa shape index (κ2) is 4.46. The van der Waals surface area contributed by atoms with Crippen LogP contribution in [0.4, 0.5) is 11.5 Å². The molecule has 1 aliphatic rings. The highest BCUT2D eigenvalue weighted by Crippen LogP contribution is 2.21. The van der Waals surface area contributed by atoms with Gasteiger partial charge in [-0.1, -0.05) is 0 Å². The van der Waals surface area contributed by atoms with E-state index in [-0.39, 0.29) is 6.10 Å². The maximum absolute atomic E-state index is 5.77. The number of rotatable bonds is 1. The number of benzene rings is 1. The Hall–Kier alpha value is -1.81. The molecule has 0 radical (unpaired) electrons. The number of nitrogens with two attached hydrogens (primary N) is 1. The van der Waals surface area contributed by atoms with Crippen molar-refractivity contribution in [3.05, 3.63) is 30.3 Å². The number of hydrogen-bond donors (Lipinski definition) is 1. The lowest BCUT2D eigenvalue weighted by atomic mass is 10.2. The van der Waals surface area contributed by atoms with Gasteiger partial charge in [-0.25, -0.2) is 4.98 Å². The fourth-order valence-electron chi connectivity index (χ4n) is 2.34. The minimum atomic E-state index is 0.266. The van der Waals surface area contributed by atoms with Gasteiger partial charge in [0, 0.05) is 24.2 Å². The van der Waals surface area contributed by atoms with E-state index in [1.165, 1.54) is 0 Å². The molecule has 1 aliphatic heterocycles. The Morgan fingerprint density at radius 3 is 3.06 bits per heavy atom. The van der Waals surface area contributed by atoms with Crippen molar-refractivity contribution in [2.75, 3.05) is 30.3 Å². The molecular weight excluding hydrogens is 226 g/mol. The Bertz CT molecular complexity index is 570. The number of anilines is 2. The van der Waals surface area contributed by atoms with E-state index < -0.39 is 0 Å². The number of hydrogen-bond acceptors (Lipinski definition) is 4. The number of ether oxygens (including phenoxy) is 1. The predicted octanol–water partition coefficient (Wildman–Crippen LogP) is 2.04. The highest BCUT2D eigenvalue weighted by molar-refractivity contribution is 5.83. The van der Waals surface area contributed by atoms with E-state index in [1.54, 1.807) is 0 Å². The molecule has 4 nitrogen and oxygen atoms in total. The van der Waals surface area contributed by atoms with Gasteiger partial charge in [-0.2, -0.15) is 0 Å². The molecule has 2 N–H and O–H groups in total. The van der Waals surface area contributed by atoms with Crippen molar-refractivity contribution in [2.24, 2.45) is 0 Å². The van der Waals surface area contributed by atoms with Gasteiger partial charge in [0.15, 0.2) is 0 Å². The number of nitrogen functional groups attached to an aromatic ring is 1. The molecule has 0 saturated carbocycles. The lowest BCUT2D eigenvalue weighted by molar-refractivity contribution is 0.0529. The van der Waals surface area contributed by atoms with Gasteiger partial charge in [-0.3, -0.25) is 0 Å². The second-order valence-corrected chi connectivity index (χ2v) is 4.75. The van der Waals surface area contributed by atoms with Crippen LogP contribution in [0.1, 0.15) is 6.92 Å². The van der Waals surface area contributed by atoms with Gasteiger partial charge in [0.2, 0.25) is 0 Å². The van der Waals surface area contributed by atoms with Crippen LogP contribution in [-0.4, -0.2) is 30.8 Å². The summed E-state index contributed by atoms with van der Waals surface area (Å²) in [4.78, 5) is 6.96. The van der Waals surface area contributed by atoms with Gasteiger partial charge in [0.25, 0.3) is 0 Å². The quantitative estimate of drug-likeness (QED) is 0.779. The van der Waals surface area contributed by atoms with Crippen LogP contribution < -0.4 is 10.6 Å². The van der Waals surface area contributed by atoms with Crippen molar-refractivity contribution >= 4 is 22.4 Å². The molecule has 0 amide bonds. The zero-order valence-corrected chi connectivity index (χ0v) is 10.5. The van der Waals surface area contributed by atoms with Crippen molar-refractivity contribution in [3.63, 3.8) is 0 Å². The van der Waals surface area contributed by atoms with E-state index in [4.69, 9.17) is 10.5 Å². The summed E-state index contributed by atoms with van der Waals surface area (Å²) in [6, 6.07) is 9.95. The summed E-state index contributed by atoms with van der Waals surface area (Å²) < 4.78 is 5.55. The molecule has 94 valence electrons. The highest BCUT2D eigenvalue weighted by atomic mass is 16.5. The molecule has 1 atom stereocenters. The largest absolute Gasteiger partial charge is 0.399 e. The van der Waals surface area contributed by atoms with E-state index in [2.05, 4.69) is 28.9 Å². The summed E-state index contributed by atoms with van der Waals surface area (Å²) in [5.74, 6) is 1.02. The summed E-state index contributed by atoms with van der Waals surface area (Å²) in [6.45, 7) is 4.65. The summed E-state index contributed by atoms with van der Waals surface area (Å²) in [5, 5.41) is 1.08. The minimum absolute atomic E-state index is 0.266. The summed E-state index contributed by atoms with van der Waals surface area (Å²) in [7, 11) is 0.